The second-order valence-electron chi connectivity index (χ2n) is 7.80. The molecule has 0 saturated carbocycles. The second kappa shape index (κ2) is 7.85. The molecule has 4 N–H and O–H groups in total. The Morgan fingerprint density at radius 2 is 2.03 bits per heavy atom. The number of fused-ring (bicyclic) bond motifs is 2. The van der Waals surface area contributed by atoms with Crippen LogP contribution in [0.1, 0.15) is 32.7 Å². The number of rotatable bonds is 5. The topological polar surface area (TPSA) is 97.3 Å². The van der Waals surface area contributed by atoms with Gasteiger partial charge in [0.2, 0.25) is 0 Å². The molecule has 0 radical (unpaired) electrons. The molecule has 0 saturated heterocycles. The molecule has 7 heteroatoms. The van der Waals surface area contributed by atoms with Crippen LogP contribution in [0.4, 0.5) is 5.82 Å². The summed E-state index contributed by atoms with van der Waals surface area (Å²) in [6.07, 6.45) is 2.80. The molecule has 0 fully saturated rings. The Bertz CT molecular complexity index is 1280. The van der Waals surface area contributed by atoms with Gasteiger partial charge < -0.3 is 20.8 Å². The molecule has 0 atom stereocenters. The molecule has 7 nitrogen and oxygen atoms in total. The van der Waals surface area contributed by atoms with Gasteiger partial charge in [-0.1, -0.05) is 30.3 Å². The van der Waals surface area contributed by atoms with E-state index < -0.39 is 5.91 Å². The molecule has 0 aliphatic carbocycles. The van der Waals surface area contributed by atoms with Gasteiger partial charge in [-0.15, -0.1) is 0 Å². The number of nitrogens with one attached hydrogen (secondary N) is 2. The van der Waals surface area contributed by atoms with Crippen LogP contribution in [-0.2, 0) is 19.5 Å². The number of pyridine rings is 1. The molecule has 31 heavy (non-hydrogen) atoms. The van der Waals surface area contributed by atoms with Crippen LogP contribution in [0.25, 0.3) is 17.0 Å². The predicted molar refractivity (Wildman–Crippen MR) is 121 cm³/mol. The van der Waals surface area contributed by atoms with Crippen molar-refractivity contribution in [3.63, 3.8) is 0 Å². The van der Waals surface area contributed by atoms with Crippen LogP contribution in [0, 0.1) is 6.92 Å². The van der Waals surface area contributed by atoms with Crippen molar-refractivity contribution in [2.45, 2.75) is 26.4 Å². The van der Waals surface area contributed by atoms with E-state index in [-0.39, 0.29) is 0 Å². The standard InChI is InChI=1S/C24H24N6O/c1-15-12-20-18(22(25)31)8-5-11-30(20)21(15)24-28-19-14-26-10-9-17(19)23(29-24)27-13-16-6-3-2-4-7-16/h2-8,11-12,26H,9-10,13-14H2,1H3,(H2,25,31)(H,27,28,29). The van der Waals surface area contributed by atoms with Crippen LogP contribution in [0.2, 0.25) is 0 Å². The SMILES string of the molecule is Cc1cc2c(C(N)=O)cccn2c1-c1nc2c(c(NCc3ccccc3)n1)CCNC2. The Hall–Kier alpha value is -3.71. The van der Waals surface area contributed by atoms with Crippen molar-refractivity contribution in [3.05, 3.63) is 82.7 Å². The van der Waals surface area contributed by atoms with Crippen LogP contribution in [0.5, 0.6) is 0 Å². The Labute approximate surface area is 180 Å². The van der Waals surface area contributed by atoms with Crippen molar-refractivity contribution in [1.82, 2.24) is 19.7 Å². The number of amides is 1. The van der Waals surface area contributed by atoms with Crippen molar-refractivity contribution >= 4 is 17.2 Å². The van der Waals surface area contributed by atoms with Gasteiger partial charge in [-0.05, 0) is 49.2 Å². The molecule has 4 heterocycles. The van der Waals surface area contributed by atoms with Gasteiger partial charge in [0.15, 0.2) is 5.82 Å². The van der Waals surface area contributed by atoms with Gasteiger partial charge in [-0.25, -0.2) is 9.97 Å². The number of carbonyl (C=O) groups is 1. The maximum absolute atomic E-state index is 11.9. The van der Waals surface area contributed by atoms with Gasteiger partial charge >= 0.3 is 0 Å². The first-order valence-electron chi connectivity index (χ1n) is 10.4. The third-order valence-corrected chi connectivity index (χ3v) is 5.72. The zero-order valence-electron chi connectivity index (χ0n) is 17.4. The third kappa shape index (κ3) is 3.53. The number of primary amides is 1. The van der Waals surface area contributed by atoms with E-state index in [0.717, 1.165) is 46.8 Å². The van der Waals surface area contributed by atoms with E-state index in [1.807, 2.05) is 47.9 Å². The van der Waals surface area contributed by atoms with Gasteiger partial charge in [0.05, 0.1) is 22.5 Å². The molecular formula is C24H24N6O. The lowest BCUT2D eigenvalue weighted by Crippen LogP contribution is -2.26. The summed E-state index contributed by atoms with van der Waals surface area (Å²) < 4.78 is 1.95. The smallest absolute Gasteiger partial charge is 0.250 e. The van der Waals surface area contributed by atoms with Crippen LogP contribution < -0.4 is 16.4 Å². The molecule has 0 bridgehead atoms. The number of aryl methyl sites for hydroxylation is 1. The quantitative estimate of drug-likeness (QED) is 0.468. The van der Waals surface area contributed by atoms with E-state index in [1.54, 1.807) is 6.07 Å². The number of benzene rings is 1. The lowest BCUT2D eigenvalue weighted by Gasteiger charge is -2.21. The first kappa shape index (κ1) is 19.3. The number of nitrogens with two attached hydrogens (primary N) is 1. The van der Waals surface area contributed by atoms with Crippen molar-refractivity contribution < 1.29 is 4.79 Å². The number of hydrogen-bond acceptors (Lipinski definition) is 5. The lowest BCUT2D eigenvalue weighted by atomic mass is 10.1. The summed E-state index contributed by atoms with van der Waals surface area (Å²) in [5.74, 6) is 1.05. The summed E-state index contributed by atoms with van der Waals surface area (Å²) in [6, 6.07) is 15.8. The van der Waals surface area contributed by atoms with Crippen LogP contribution in [0.15, 0.2) is 54.7 Å². The summed E-state index contributed by atoms with van der Waals surface area (Å²) in [5, 5.41) is 6.93. The zero-order chi connectivity index (χ0) is 21.4. The Morgan fingerprint density at radius 1 is 1.19 bits per heavy atom. The predicted octanol–water partition coefficient (Wildman–Crippen LogP) is 3.06. The van der Waals surface area contributed by atoms with Crippen molar-refractivity contribution in [1.29, 1.82) is 0 Å². The van der Waals surface area contributed by atoms with E-state index in [4.69, 9.17) is 15.7 Å². The number of carbonyl (C=O) groups excluding carboxylic acids is 1. The average Bonchev–Trinajstić information content (AvgIpc) is 3.13. The van der Waals surface area contributed by atoms with Gasteiger partial charge in [0.1, 0.15) is 5.82 Å². The fraction of sp³-hybridized carbons (Fsp3) is 0.208. The first-order valence-corrected chi connectivity index (χ1v) is 10.4. The number of hydrogen-bond donors (Lipinski definition) is 3. The van der Waals surface area contributed by atoms with Gasteiger partial charge in [0.25, 0.3) is 5.91 Å². The third-order valence-electron chi connectivity index (χ3n) is 5.72. The number of nitrogens with zero attached hydrogens (tertiary/aromatic N) is 3. The highest BCUT2D eigenvalue weighted by Crippen LogP contribution is 2.30. The van der Waals surface area contributed by atoms with Crippen molar-refractivity contribution in [2.75, 3.05) is 11.9 Å². The van der Waals surface area contributed by atoms with Gasteiger partial charge in [0, 0.05) is 24.8 Å². The number of aromatic nitrogens is 3. The largest absolute Gasteiger partial charge is 0.366 e. The lowest BCUT2D eigenvalue weighted by molar-refractivity contribution is 0.100. The van der Waals surface area contributed by atoms with E-state index in [9.17, 15) is 4.79 Å². The Morgan fingerprint density at radius 3 is 2.84 bits per heavy atom. The average molecular weight is 412 g/mol. The molecule has 5 rings (SSSR count). The maximum Gasteiger partial charge on any atom is 0.250 e. The minimum atomic E-state index is -0.449. The molecule has 0 unspecified atom stereocenters. The minimum absolute atomic E-state index is 0.449. The maximum atomic E-state index is 11.9. The molecule has 1 amide bonds. The molecule has 0 spiro atoms. The van der Waals surface area contributed by atoms with E-state index in [2.05, 4.69) is 22.8 Å². The van der Waals surface area contributed by atoms with Crippen molar-refractivity contribution in [2.24, 2.45) is 5.73 Å². The Balaban J connectivity index is 1.62. The zero-order valence-corrected chi connectivity index (χ0v) is 17.4. The fourth-order valence-corrected chi connectivity index (χ4v) is 4.21. The summed E-state index contributed by atoms with van der Waals surface area (Å²) in [5.41, 5.74) is 12.1. The summed E-state index contributed by atoms with van der Waals surface area (Å²) >= 11 is 0. The summed E-state index contributed by atoms with van der Waals surface area (Å²) in [6.45, 7) is 4.31. The van der Waals surface area contributed by atoms with Crippen LogP contribution >= 0.6 is 0 Å². The molecule has 4 aromatic rings. The van der Waals surface area contributed by atoms with Crippen LogP contribution in [0.3, 0.4) is 0 Å². The minimum Gasteiger partial charge on any atom is -0.366 e. The highest BCUT2D eigenvalue weighted by Gasteiger charge is 2.21. The second-order valence-corrected chi connectivity index (χ2v) is 7.80. The monoisotopic (exact) mass is 412 g/mol. The molecular weight excluding hydrogens is 388 g/mol. The van der Waals surface area contributed by atoms with Crippen molar-refractivity contribution in [3.8, 4) is 11.5 Å². The first-order chi connectivity index (χ1) is 15.1. The van der Waals surface area contributed by atoms with E-state index >= 15 is 0 Å². The molecule has 1 aliphatic heterocycles. The van der Waals surface area contributed by atoms with E-state index in [0.29, 0.717) is 24.5 Å². The molecule has 3 aromatic heterocycles. The Kier molecular flexibility index (Phi) is 4.88. The summed E-state index contributed by atoms with van der Waals surface area (Å²) in [7, 11) is 0. The van der Waals surface area contributed by atoms with Gasteiger partial charge in [-0.3, -0.25) is 4.79 Å². The van der Waals surface area contributed by atoms with Gasteiger partial charge in [-0.2, -0.15) is 0 Å². The summed E-state index contributed by atoms with van der Waals surface area (Å²) in [4.78, 5) is 21.7. The van der Waals surface area contributed by atoms with E-state index in [1.165, 1.54) is 5.56 Å². The highest BCUT2D eigenvalue weighted by molar-refractivity contribution is 6.00. The fourth-order valence-electron chi connectivity index (χ4n) is 4.21. The highest BCUT2D eigenvalue weighted by atomic mass is 16.1. The molecule has 1 aromatic carbocycles. The molecule has 1 aliphatic rings. The molecule has 156 valence electrons. The number of anilines is 1. The van der Waals surface area contributed by atoms with Crippen LogP contribution in [-0.4, -0.2) is 26.8 Å². The normalized spacial score (nSPS) is 13.2.